The van der Waals surface area contributed by atoms with Gasteiger partial charge in [0.15, 0.2) is 0 Å². The Morgan fingerprint density at radius 1 is 0.476 bits per heavy atom. The summed E-state index contributed by atoms with van der Waals surface area (Å²) in [5.41, 5.74) is 0. The Labute approximate surface area is 392 Å². The first-order valence-electron chi connectivity index (χ1n) is 27.4. The molecule has 0 fully saturated rings. The Balaban J connectivity index is 4.04. The summed E-state index contributed by atoms with van der Waals surface area (Å²) in [7, 11) is 1.37. The van der Waals surface area contributed by atoms with Gasteiger partial charge in [-0.05, 0) is 38.5 Å². The number of quaternary nitrogens is 1. The van der Waals surface area contributed by atoms with Gasteiger partial charge in [-0.1, -0.05) is 238 Å². The minimum absolute atomic E-state index is 0.0300. The number of ether oxygens (including phenoxy) is 2. The van der Waals surface area contributed by atoms with Crippen molar-refractivity contribution >= 4 is 13.8 Å². The van der Waals surface area contributed by atoms with Crippen LogP contribution in [0.1, 0.15) is 271 Å². The number of carbonyl (C=O) groups is 1. The molecule has 8 nitrogen and oxygen atoms in total. The summed E-state index contributed by atoms with van der Waals surface area (Å²) in [6.45, 7) is 5.48. The van der Waals surface area contributed by atoms with E-state index in [1.165, 1.54) is 218 Å². The molecule has 63 heavy (non-hydrogen) atoms. The lowest BCUT2D eigenvalue weighted by Crippen LogP contribution is -2.37. The van der Waals surface area contributed by atoms with Crippen LogP contribution < -0.4 is 4.89 Å². The van der Waals surface area contributed by atoms with Crippen LogP contribution in [0.2, 0.25) is 0 Å². The first-order chi connectivity index (χ1) is 30.6. The van der Waals surface area contributed by atoms with Crippen LogP contribution in [0.25, 0.3) is 0 Å². The van der Waals surface area contributed by atoms with E-state index < -0.39 is 13.9 Å². The van der Waals surface area contributed by atoms with Gasteiger partial charge in [-0.2, -0.15) is 0 Å². The molecule has 0 radical (unpaired) electrons. The molecule has 0 aliphatic carbocycles. The quantitative estimate of drug-likeness (QED) is 0.0197. The highest BCUT2D eigenvalue weighted by Gasteiger charge is 2.20. The maximum atomic E-state index is 12.8. The minimum Gasteiger partial charge on any atom is -0.756 e. The first-order valence-corrected chi connectivity index (χ1v) is 28.9. The number of rotatable bonds is 52. The Morgan fingerprint density at radius 2 is 0.825 bits per heavy atom. The van der Waals surface area contributed by atoms with Crippen LogP contribution in [0.3, 0.4) is 0 Å². The zero-order valence-electron chi connectivity index (χ0n) is 42.8. The summed E-state index contributed by atoms with van der Waals surface area (Å²) in [5.74, 6) is -0.327. The van der Waals surface area contributed by atoms with E-state index in [1.54, 1.807) is 0 Å². The number of carbonyl (C=O) groups excluding carboxylic acids is 1. The van der Waals surface area contributed by atoms with Gasteiger partial charge in [0.05, 0.1) is 34.4 Å². The second kappa shape index (κ2) is 47.7. The highest BCUT2D eigenvalue weighted by atomic mass is 31.2. The van der Waals surface area contributed by atoms with Crippen molar-refractivity contribution in [3.63, 3.8) is 0 Å². The van der Waals surface area contributed by atoms with Gasteiger partial charge in [0, 0.05) is 13.0 Å². The molecule has 0 heterocycles. The molecule has 0 aromatic heterocycles. The van der Waals surface area contributed by atoms with Crippen LogP contribution in [0, 0.1) is 0 Å². The van der Waals surface area contributed by atoms with Crippen molar-refractivity contribution in [2.45, 2.75) is 277 Å². The maximum Gasteiger partial charge on any atom is 0.306 e. The molecular weight excluding hydrogens is 806 g/mol. The standard InChI is InChI=1S/C54H108NO7P/c1-6-8-10-12-14-16-18-20-22-24-25-26-27-28-29-30-32-34-36-38-40-42-44-46-49-59-51-53(52-61-63(57,58)60-50-48-55(3,4)5)62-54(56)47-45-43-41-39-37-35-33-31-23-21-19-17-15-13-11-9-7-2/h24-25,53H,6-23,26-52H2,1-5H3/b25-24-. The molecule has 0 aliphatic heterocycles. The van der Waals surface area contributed by atoms with Crippen molar-refractivity contribution in [3.8, 4) is 0 Å². The fourth-order valence-corrected chi connectivity index (χ4v) is 8.80. The smallest absolute Gasteiger partial charge is 0.306 e. The second-order valence-electron chi connectivity index (χ2n) is 20.0. The molecule has 0 aromatic carbocycles. The minimum atomic E-state index is -4.53. The van der Waals surface area contributed by atoms with Crippen molar-refractivity contribution in [2.24, 2.45) is 0 Å². The van der Waals surface area contributed by atoms with E-state index in [0.717, 1.165) is 32.1 Å². The van der Waals surface area contributed by atoms with Crippen LogP contribution >= 0.6 is 7.82 Å². The Hall–Kier alpha value is -0.760. The number of likely N-dealkylation sites (N-methyl/N-ethyl adjacent to an activating group) is 1. The molecule has 0 amide bonds. The summed E-state index contributed by atoms with van der Waals surface area (Å²) in [4.78, 5) is 25.2. The topological polar surface area (TPSA) is 94.1 Å². The second-order valence-corrected chi connectivity index (χ2v) is 21.4. The summed E-state index contributed by atoms with van der Waals surface area (Å²) in [5, 5.41) is 0. The highest BCUT2D eigenvalue weighted by Crippen LogP contribution is 2.38. The summed E-state index contributed by atoms with van der Waals surface area (Å²) < 4.78 is 34.8. The summed E-state index contributed by atoms with van der Waals surface area (Å²) >= 11 is 0. The Bertz CT molecular complexity index is 1020. The molecule has 0 saturated carbocycles. The van der Waals surface area contributed by atoms with Gasteiger partial charge in [-0.3, -0.25) is 9.36 Å². The third-order valence-corrected chi connectivity index (χ3v) is 13.3. The van der Waals surface area contributed by atoms with Crippen LogP contribution in [-0.2, 0) is 27.9 Å². The van der Waals surface area contributed by atoms with E-state index in [1.807, 2.05) is 21.1 Å². The predicted octanol–water partition coefficient (Wildman–Crippen LogP) is 16.3. The van der Waals surface area contributed by atoms with Gasteiger partial charge in [-0.15, -0.1) is 0 Å². The van der Waals surface area contributed by atoms with Crippen molar-refractivity contribution in [2.75, 3.05) is 54.1 Å². The fraction of sp³-hybridized carbons (Fsp3) is 0.944. The zero-order chi connectivity index (χ0) is 46.2. The number of allylic oxidation sites excluding steroid dienone is 2. The molecule has 0 aliphatic rings. The average Bonchev–Trinajstić information content (AvgIpc) is 3.24. The Morgan fingerprint density at radius 3 is 1.21 bits per heavy atom. The number of hydrogen-bond acceptors (Lipinski definition) is 7. The molecule has 2 atom stereocenters. The Kier molecular flexibility index (Phi) is 47.1. The number of hydrogen-bond donors (Lipinski definition) is 0. The van der Waals surface area contributed by atoms with Crippen LogP contribution in [0.5, 0.6) is 0 Å². The monoisotopic (exact) mass is 914 g/mol. The van der Waals surface area contributed by atoms with Crippen LogP contribution in [0.15, 0.2) is 12.2 Å². The normalized spacial score (nSPS) is 13.6. The fourth-order valence-electron chi connectivity index (χ4n) is 8.07. The van der Waals surface area contributed by atoms with Gasteiger partial charge >= 0.3 is 5.97 Å². The van der Waals surface area contributed by atoms with E-state index in [-0.39, 0.29) is 25.8 Å². The molecule has 0 aromatic rings. The average molecular weight is 914 g/mol. The number of nitrogens with zero attached hydrogens (tertiary/aromatic N) is 1. The lowest BCUT2D eigenvalue weighted by atomic mass is 10.0. The molecule has 0 bridgehead atoms. The van der Waals surface area contributed by atoms with Crippen LogP contribution in [0.4, 0.5) is 0 Å². The van der Waals surface area contributed by atoms with E-state index in [2.05, 4.69) is 26.0 Å². The van der Waals surface area contributed by atoms with Crippen molar-refractivity contribution in [1.29, 1.82) is 0 Å². The predicted molar refractivity (Wildman–Crippen MR) is 268 cm³/mol. The van der Waals surface area contributed by atoms with E-state index in [4.69, 9.17) is 18.5 Å². The molecule has 376 valence electrons. The molecule has 0 N–H and O–H groups in total. The van der Waals surface area contributed by atoms with Crippen molar-refractivity contribution in [3.05, 3.63) is 12.2 Å². The van der Waals surface area contributed by atoms with Crippen molar-refractivity contribution in [1.82, 2.24) is 0 Å². The lowest BCUT2D eigenvalue weighted by Gasteiger charge is -2.28. The zero-order valence-corrected chi connectivity index (χ0v) is 43.7. The molecule has 2 unspecified atom stereocenters. The van der Waals surface area contributed by atoms with Gasteiger partial charge in [0.1, 0.15) is 19.3 Å². The number of phosphoric acid groups is 1. The molecule has 0 saturated heterocycles. The van der Waals surface area contributed by atoms with Gasteiger partial charge < -0.3 is 27.9 Å². The van der Waals surface area contributed by atoms with Gasteiger partial charge in [0.2, 0.25) is 0 Å². The molecule has 0 spiro atoms. The summed E-state index contributed by atoms with van der Waals surface area (Å²) in [6, 6.07) is 0. The van der Waals surface area contributed by atoms with Gasteiger partial charge in [0.25, 0.3) is 7.82 Å². The third-order valence-electron chi connectivity index (χ3n) is 12.3. The first kappa shape index (κ1) is 62.2. The van der Waals surface area contributed by atoms with Gasteiger partial charge in [-0.25, -0.2) is 0 Å². The largest absolute Gasteiger partial charge is 0.756 e. The van der Waals surface area contributed by atoms with Crippen molar-refractivity contribution < 1.29 is 37.3 Å². The highest BCUT2D eigenvalue weighted by molar-refractivity contribution is 7.45. The van der Waals surface area contributed by atoms with E-state index >= 15 is 0 Å². The van der Waals surface area contributed by atoms with E-state index in [9.17, 15) is 14.3 Å². The number of esters is 1. The lowest BCUT2D eigenvalue weighted by molar-refractivity contribution is -0.870. The molecular formula is C54H108NO7P. The number of phosphoric ester groups is 1. The SMILES string of the molecule is CCCCCCCCCC/C=C\CCCCCCCCCCCCCCOCC(COP(=O)([O-])OCC[N+](C)(C)C)OC(=O)CCCCCCCCCCCCCCCCCCC. The maximum absolute atomic E-state index is 12.8. The molecule has 0 rings (SSSR count). The third kappa shape index (κ3) is 52.1. The van der Waals surface area contributed by atoms with Crippen LogP contribution in [-0.4, -0.2) is 70.7 Å². The number of unbranched alkanes of at least 4 members (excludes halogenated alkanes) is 36. The van der Waals surface area contributed by atoms with E-state index in [0.29, 0.717) is 24.1 Å². The molecule has 9 heteroatoms. The summed E-state index contributed by atoms with van der Waals surface area (Å²) in [6.07, 6.45) is 55.3.